The molecule has 0 fully saturated rings. The Morgan fingerprint density at radius 3 is 2.24 bits per heavy atom. The number of carbonyl (C=O) groups is 3. The number of carboxylic acids is 1. The number of alkyl carbamates (subject to hydrolysis) is 1. The molecule has 34 heavy (non-hydrogen) atoms. The third-order valence-corrected chi connectivity index (χ3v) is 6.01. The highest BCUT2D eigenvalue weighted by Gasteiger charge is 2.29. The highest BCUT2D eigenvalue weighted by molar-refractivity contribution is 5.79. The number of carboxylic acid groups (broad SMARTS) is 1. The van der Waals surface area contributed by atoms with Crippen LogP contribution >= 0.6 is 0 Å². The van der Waals surface area contributed by atoms with Crippen LogP contribution < -0.4 is 10.6 Å². The number of hydrogen-bond donors (Lipinski definition) is 3. The van der Waals surface area contributed by atoms with Crippen LogP contribution in [-0.2, 0) is 19.1 Å². The zero-order chi connectivity index (χ0) is 24.5. The number of aliphatic carboxylic acids is 1. The molecule has 2 aromatic rings. The minimum Gasteiger partial charge on any atom is -0.481 e. The van der Waals surface area contributed by atoms with E-state index in [-0.39, 0.29) is 43.9 Å². The van der Waals surface area contributed by atoms with Crippen molar-refractivity contribution in [2.45, 2.75) is 50.7 Å². The lowest BCUT2D eigenvalue weighted by Gasteiger charge is -2.17. The number of ether oxygens (including phenoxy) is 2. The largest absolute Gasteiger partial charge is 0.481 e. The van der Waals surface area contributed by atoms with Gasteiger partial charge in [-0.15, -0.1) is 0 Å². The fraction of sp³-hybridized carbons (Fsp3) is 0.423. The predicted molar refractivity (Wildman–Crippen MR) is 128 cm³/mol. The summed E-state index contributed by atoms with van der Waals surface area (Å²) in [5, 5.41) is 14.3. The van der Waals surface area contributed by atoms with E-state index in [1.165, 1.54) is 18.2 Å². The summed E-state index contributed by atoms with van der Waals surface area (Å²) >= 11 is 0. The van der Waals surface area contributed by atoms with Gasteiger partial charge in [0.05, 0.1) is 12.5 Å². The lowest BCUT2D eigenvalue weighted by molar-refractivity contribution is -0.140. The average molecular weight is 469 g/mol. The van der Waals surface area contributed by atoms with Crippen molar-refractivity contribution < 1.29 is 29.0 Å². The molecule has 8 nitrogen and oxygen atoms in total. The van der Waals surface area contributed by atoms with Crippen molar-refractivity contribution in [2.24, 2.45) is 0 Å². The Balaban J connectivity index is 1.38. The highest BCUT2D eigenvalue weighted by Crippen LogP contribution is 2.44. The van der Waals surface area contributed by atoms with Crippen LogP contribution in [0.25, 0.3) is 11.1 Å². The smallest absolute Gasteiger partial charge is 0.407 e. The second-order valence-electron chi connectivity index (χ2n) is 8.52. The second kappa shape index (κ2) is 12.2. The van der Waals surface area contributed by atoms with Crippen LogP contribution in [0.3, 0.4) is 0 Å². The molecule has 1 aliphatic carbocycles. The third-order valence-electron chi connectivity index (χ3n) is 6.01. The fourth-order valence-corrected chi connectivity index (χ4v) is 4.23. The molecule has 3 rings (SSSR count). The molecule has 0 heterocycles. The Kier molecular flexibility index (Phi) is 9.04. The van der Waals surface area contributed by atoms with Crippen LogP contribution in [0.15, 0.2) is 48.5 Å². The van der Waals surface area contributed by atoms with E-state index in [4.69, 9.17) is 14.6 Å². The zero-order valence-electron chi connectivity index (χ0n) is 19.6. The van der Waals surface area contributed by atoms with Gasteiger partial charge in [-0.2, -0.15) is 0 Å². The van der Waals surface area contributed by atoms with Crippen LogP contribution in [0.1, 0.15) is 49.7 Å². The van der Waals surface area contributed by atoms with Crippen LogP contribution in [0.4, 0.5) is 4.79 Å². The fourth-order valence-electron chi connectivity index (χ4n) is 4.23. The Hall–Kier alpha value is -3.39. The third kappa shape index (κ3) is 6.81. The molecular formula is C26H32N2O6. The summed E-state index contributed by atoms with van der Waals surface area (Å²) in [6, 6.07) is 16.2. The molecule has 0 saturated heterocycles. The van der Waals surface area contributed by atoms with Gasteiger partial charge in [0.25, 0.3) is 0 Å². The first-order valence-electron chi connectivity index (χ1n) is 11.5. The second-order valence-corrected chi connectivity index (χ2v) is 8.52. The molecule has 2 atom stereocenters. The summed E-state index contributed by atoms with van der Waals surface area (Å²) in [6.45, 7) is 2.27. The molecule has 0 bridgehead atoms. The Labute approximate surface area is 199 Å². The van der Waals surface area contributed by atoms with Gasteiger partial charge in [0.2, 0.25) is 5.91 Å². The molecule has 0 aromatic heterocycles. The summed E-state index contributed by atoms with van der Waals surface area (Å²) in [7, 11) is 1.41. The normalized spacial score (nSPS) is 13.9. The summed E-state index contributed by atoms with van der Waals surface area (Å²) in [5.74, 6) is -1.15. The van der Waals surface area contributed by atoms with E-state index in [0.29, 0.717) is 12.8 Å². The number of nitrogens with one attached hydrogen (secondary N) is 2. The molecular weight excluding hydrogens is 436 g/mol. The number of carbonyl (C=O) groups excluding carboxylic acids is 2. The van der Waals surface area contributed by atoms with Crippen molar-refractivity contribution in [3.8, 4) is 11.1 Å². The minimum absolute atomic E-state index is 0.00852. The van der Waals surface area contributed by atoms with Crippen LogP contribution in [-0.4, -0.2) is 55.5 Å². The van der Waals surface area contributed by atoms with E-state index in [0.717, 1.165) is 11.1 Å². The lowest BCUT2D eigenvalue weighted by Crippen LogP contribution is -2.35. The predicted octanol–water partition coefficient (Wildman–Crippen LogP) is 3.69. The molecule has 182 valence electrons. The van der Waals surface area contributed by atoms with Gasteiger partial charge >= 0.3 is 12.1 Å². The van der Waals surface area contributed by atoms with Crippen molar-refractivity contribution in [3.05, 3.63) is 59.7 Å². The van der Waals surface area contributed by atoms with E-state index < -0.39 is 18.2 Å². The molecule has 8 heteroatoms. The maximum absolute atomic E-state index is 12.4. The quantitative estimate of drug-likeness (QED) is 0.438. The van der Waals surface area contributed by atoms with E-state index in [2.05, 4.69) is 34.9 Å². The molecule has 2 unspecified atom stereocenters. The van der Waals surface area contributed by atoms with Gasteiger partial charge in [-0.05, 0) is 42.0 Å². The molecule has 0 aliphatic heterocycles. The SMILES string of the molecule is COC(CNC(=O)CCCC(C)NC(=O)OCC1c2ccccc2-c2ccccc21)CC(=O)O. The molecule has 2 aromatic carbocycles. The van der Waals surface area contributed by atoms with E-state index in [1.807, 2.05) is 31.2 Å². The van der Waals surface area contributed by atoms with Gasteiger partial charge < -0.3 is 25.2 Å². The average Bonchev–Trinajstić information content (AvgIpc) is 3.14. The van der Waals surface area contributed by atoms with Gasteiger partial charge in [-0.1, -0.05) is 48.5 Å². The summed E-state index contributed by atoms with van der Waals surface area (Å²) in [5.41, 5.74) is 4.68. The standard InChI is InChI=1S/C26H32N2O6/c1-17(8-7-13-24(29)27-15-18(33-2)14-25(30)31)28-26(32)34-16-23-21-11-5-3-9-19(21)20-10-4-6-12-22(20)23/h3-6,9-12,17-18,23H,7-8,13-16H2,1-2H3,(H,27,29)(H,28,32)(H,30,31). The monoisotopic (exact) mass is 468 g/mol. The van der Waals surface area contributed by atoms with Gasteiger partial charge in [0.1, 0.15) is 6.61 Å². The first kappa shape index (κ1) is 25.2. The van der Waals surface area contributed by atoms with Gasteiger partial charge in [0.15, 0.2) is 0 Å². The van der Waals surface area contributed by atoms with E-state index >= 15 is 0 Å². The number of benzene rings is 2. The molecule has 0 saturated carbocycles. The molecule has 0 radical (unpaired) electrons. The molecule has 2 amide bonds. The Bertz CT molecular complexity index is 963. The number of rotatable bonds is 12. The first-order chi connectivity index (χ1) is 16.4. The van der Waals surface area contributed by atoms with Crippen LogP contribution in [0.2, 0.25) is 0 Å². The topological polar surface area (TPSA) is 114 Å². The number of amides is 2. The Morgan fingerprint density at radius 2 is 1.65 bits per heavy atom. The maximum Gasteiger partial charge on any atom is 0.407 e. The zero-order valence-corrected chi connectivity index (χ0v) is 19.6. The van der Waals surface area contributed by atoms with Crippen molar-refractivity contribution in [1.29, 1.82) is 0 Å². The minimum atomic E-state index is -0.978. The maximum atomic E-state index is 12.4. The van der Waals surface area contributed by atoms with Crippen LogP contribution in [0, 0.1) is 0 Å². The summed E-state index contributed by atoms with van der Waals surface area (Å²) in [6.07, 6.45) is 0.261. The first-order valence-corrected chi connectivity index (χ1v) is 11.5. The lowest BCUT2D eigenvalue weighted by atomic mass is 9.98. The molecule has 3 N–H and O–H groups in total. The van der Waals surface area contributed by atoms with Gasteiger partial charge in [-0.25, -0.2) is 4.79 Å². The van der Waals surface area contributed by atoms with E-state index in [1.54, 1.807) is 0 Å². The molecule has 0 spiro atoms. The van der Waals surface area contributed by atoms with E-state index in [9.17, 15) is 14.4 Å². The summed E-state index contributed by atoms with van der Waals surface area (Å²) < 4.78 is 10.6. The van der Waals surface area contributed by atoms with Crippen molar-refractivity contribution >= 4 is 18.0 Å². The number of fused-ring (bicyclic) bond motifs is 3. The summed E-state index contributed by atoms with van der Waals surface area (Å²) in [4.78, 5) is 35.1. The van der Waals surface area contributed by atoms with Gasteiger partial charge in [0, 0.05) is 32.0 Å². The van der Waals surface area contributed by atoms with Crippen LogP contribution in [0.5, 0.6) is 0 Å². The highest BCUT2D eigenvalue weighted by atomic mass is 16.5. The van der Waals surface area contributed by atoms with Crippen molar-refractivity contribution in [3.63, 3.8) is 0 Å². The molecule has 1 aliphatic rings. The number of methoxy groups -OCH3 is 1. The number of hydrogen-bond acceptors (Lipinski definition) is 5. The Morgan fingerprint density at radius 1 is 1.03 bits per heavy atom. The van der Waals surface area contributed by atoms with Gasteiger partial charge in [-0.3, -0.25) is 9.59 Å². The van der Waals surface area contributed by atoms with Crippen molar-refractivity contribution in [1.82, 2.24) is 10.6 Å². The van der Waals surface area contributed by atoms with Crippen molar-refractivity contribution in [2.75, 3.05) is 20.3 Å².